The molecule has 4 aromatic rings. The van der Waals surface area contributed by atoms with E-state index in [0.717, 1.165) is 27.8 Å². The average molecular weight is 466 g/mol. The third-order valence-corrected chi connectivity index (χ3v) is 5.72. The minimum Gasteiger partial charge on any atom is -0.492 e. The van der Waals surface area contributed by atoms with Crippen LogP contribution in [0.25, 0.3) is 17.0 Å². The lowest BCUT2D eigenvalue weighted by atomic mass is 10.1. The van der Waals surface area contributed by atoms with E-state index in [4.69, 9.17) is 14.2 Å². The summed E-state index contributed by atoms with van der Waals surface area (Å²) < 4.78 is 18.6. The van der Waals surface area contributed by atoms with E-state index in [0.29, 0.717) is 24.7 Å². The second-order valence-electron chi connectivity index (χ2n) is 8.00. The van der Waals surface area contributed by atoms with Crippen LogP contribution in [0.1, 0.15) is 11.1 Å². The zero-order valence-corrected chi connectivity index (χ0v) is 18.9. The van der Waals surface area contributed by atoms with Crippen LogP contribution in [-0.4, -0.2) is 23.9 Å². The molecular weight excluding hydrogens is 442 g/mol. The van der Waals surface area contributed by atoms with Crippen LogP contribution >= 0.6 is 0 Å². The van der Waals surface area contributed by atoms with E-state index in [1.165, 1.54) is 0 Å². The maximum atomic E-state index is 12.8. The second-order valence-corrected chi connectivity index (χ2v) is 8.00. The van der Waals surface area contributed by atoms with Crippen molar-refractivity contribution >= 4 is 22.9 Å². The van der Waals surface area contributed by atoms with Crippen molar-refractivity contribution in [3.05, 3.63) is 95.7 Å². The lowest BCUT2D eigenvalue weighted by molar-refractivity contribution is -0.117. The molecule has 3 aromatic carbocycles. The van der Waals surface area contributed by atoms with Gasteiger partial charge in [0.25, 0.3) is 5.91 Å². The third kappa shape index (κ3) is 4.97. The van der Waals surface area contributed by atoms with Gasteiger partial charge in [0, 0.05) is 29.2 Å². The number of rotatable bonds is 8. The fraction of sp³-hybridized carbons (Fsp3) is 0.143. The zero-order chi connectivity index (χ0) is 24.0. The molecule has 0 bridgehead atoms. The fourth-order valence-corrected chi connectivity index (χ4v) is 3.99. The highest BCUT2D eigenvalue weighted by molar-refractivity contribution is 6.04. The fourth-order valence-electron chi connectivity index (χ4n) is 3.99. The van der Waals surface area contributed by atoms with Gasteiger partial charge in [-0.1, -0.05) is 42.5 Å². The molecule has 7 heteroatoms. The summed E-state index contributed by atoms with van der Waals surface area (Å²) in [5.41, 5.74) is 2.70. The number of nitrogens with one attached hydrogen (secondary N) is 1. The molecule has 35 heavy (non-hydrogen) atoms. The predicted octanol–water partition coefficient (Wildman–Crippen LogP) is 4.67. The minimum absolute atomic E-state index is 0.0363. The van der Waals surface area contributed by atoms with E-state index >= 15 is 0 Å². The molecule has 174 valence electrons. The monoisotopic (exact) mass is 465 g/mol. The average Bonchev–Trinajstić information content (AvgIpc) is 3.51. The van der Waals surface area contributed by atoms with Crippen LogP contribution in [-0.2, 0) is 17.9 Å². The predicted molar refractivity (Wildman–Crippen MR) is 132 cm³/mol. The Kier molecular flexibility index (Phi) is 6.35. The molecule has 0 atom stereocenters. The number of nitriles is 1. The molecule has 1 aromatic heterocycles. The van der Waals surface area contributed by atoms with Crippen LogP contribution in [0.3, 0.4) is 0 Å². The Balaban J connectivity index is 1.30. The van der Waals surface area contributed by atoms with Crippen molar-refractivity contribution in [3.63, 3.8) is 0 Å². The Morgan fingerprint density at radius 1 is 1.06 bits per heavy atom. The SMILES string of the molecule is N#C/C(=C\c1cn(CCOc2ccccc2)c2ccccc12)C(=O)NCc1ccc2c(c1)OCO2. The van der Waals surface area contributed by atoms with Crippen molar-refractivity contribution in [2.24, 2.45) is 0 Å². The van der Waals surface area contributed by atoms with Crippen molar-refractivity contribution in [1.29, 1.82) is 5.26 Å². The van der Waals surface area contributed by atoms with Crippen molar-refractivity contribution < 1.29 is 19.0 Å². The van der Waals surface area contributed by atoms with E-state index in [1.54, 1.807) is 12.1 Å². The topological polar surface area (TPSA) is 85.5 Å². The van der Waals surface area contributed by atoms with Gasteiger partial charge in [0.05, 0.1) is 6.54 Å². The number of aromatic nitrogens is 1. The molecule has 0 aliphatic carbocycles. The Morgan fingerprint density at radius 2 is 1.86 bits per heavy atom. The molecule has 0 unspecified atom stereocenters. The van der Waals surface area contributed by atoms with Gasteiger partial charge in [0.15, 0.2) is 11.5 Å². The van der Waals surface area contributed by atoms with Gasteiger partial charge >= 0.3 is 0 Å². The Labute approximate surface area is 202 Å². The number of para-hydroxylation sites is 2. The number of fused-ring (bicyclic) bond motifs is 2. The lowest BCUT2D eigenvalue weighted by Crippen LogP contribution is -2.23. The molecule has 0 saturated carbocycles. The standard InChI is InChI=1S/C28H23N3O4/c29-16-21(28(32)30-17-20-10-11-26-27(14-20)35-19-34-26)15-22-18-31(25-9-5-4-8-24(22)25)12-13-33-23-6-2-1-3-7-23/h1-11,14-15,18H,12-13,17,19H2,(H,30,32)/b21-15+. The van der Waals surface area contributed by atoms with E-state index < -0.39 is 5.91 Å². The summed E-state index contributed by atoms with van der Waals surface area (Å²) in [6, 6.07) is 25.1. The third-order valence-electron chi connectivity index (χ3n) is 5.72. The van der Waals surface area contributed by atoms with Gasteiger partial charge in [-0.2, -0.15) is 5.26 Å². The van der Waals surface area contributed by atoms with Crippen molar-refractivity contribution in [2.45, 2.75) is 13.1 Å². The number of ether oxygens (including phenoxy) is 3. The van der Waals surface area contributed by atoms with Crippen LogP contribution < -0.4 is 19.5 Å². The van der Waals surface area contributed by atoms with Crippen LogP contribution in [0.5, 0.6) is 17.2 Å². The summed E-state index contributed by atoms with van der Waals surface area (Å²) in [5.74, 6) is 1.71. The first-order valence-corrected chi connectivity index (χ1v) is 11.3. The van der Waals surface area contributed by atoms with E-state index in [1.807, 2.05) is 79.0 Å². The lowest BCUT2D eigenvalue weighted by Gasteiger charge is -2.08. The molecule has 0 fully saturated rings. The number of carbonyl (C=O) groups is 1. The van der Waals surface area contributed by atoms with E-state index in [2.05, 4.69) is 9.88 Å². The highest BCUT2D eigenvalue weighted by Gasteiger charge is 2.15. The van der Waals surface area contributed by atoms with Crippen LogP contribution in [0.15, 0.2) is 84.6 Å². The first-order chi connectivity index (χ1) is 17.2. The number of carbonyl (C=O) groups excluding carboxylic acids is 1. The number of hydrogen-bond donors (Lipinski definition) is 1. The van der Waals surface area contributed by atoms with E-state index in [-0.39, 0.29) is 18.9 Å². The maximum absolute atomic E-state index is 12.8. The van der Waals surface area contributed by atoms with Crippen molar-refractivity contribution in [3.8, 4) is 23.3 Å². The second kappa shape index (κ2) is 10.1. The van der Waals surface area contributed by atoms with Gasteiger partial charge in [-0.25, -0.2) is 0 Å². The maximum Gasteiger partial charge on any atom is 0.262 e. The van der Waals surface area contributed by atoms with Crippen LogP contribution in [0.2, 0.25) is 0 Å². The summed E-state index contributed by atoms with van der Waals surface area (Å²) >= 11 is 0. The molecule has 7 nitrogen and oxygen atoms in total. The first-order valence-electron chi connectivity index (χ1n) is 11.3. The summed E-state index contributed by atoms with van der Waals surface area (Å²) in [6.07, 6.45) is 3.58. The summed E-state index contributed by atoms with van der Waals surface area (Å²) in [7, 11) is 0. The molecular formula is C28H23N3O4. The van der Waals surface area contributed by atoms with Gasteiger partial charge in [-0.15, -0.1) is 0 Å². The molecule has 0 spiro atoms. The van der Waals surface area contributed by atoms with Gasteiger partial charge in [-0.05, 0) is 42.0 Å². The zero-order valence-electron chi connectivity index (χ0n) is 18.9. The summed E-state index contributed by atoms with van der Waals surface area (Å²) in [4.78, 5) is 12.8. The highest BCUT2D eigenvalue weighted by atomic mass is 16.7. The number of benzene rings is 3. The van der Waals surface area contributed by atoms with Crippen LogP contribution in [0.4, 0.5) is 0 Å². The molecule has 5 rings (SSSR count). The molecule has 1 aliphatic rings. The molecule has 0 radical (unpaired) electrons. The molecule has 1 N–H and O–H groups in total. The smallest absolute Gasteiger partial charge is 0.262 e. The largest absolute Gasteiger partial charge is 0.492 e. The Bertz CT molecular complexity index is 1430. The Morgan fingerprint density at radius 3 is 2.71 bits per heavy atom. The highest BCUT2D eigenvalue weighted by Crippen LogP contribution is 2.32. The molecule has 1 aliphatic heterocycles. The van der Waals surface area contributed by atoms with E-state index in [9.17, 15) is 10.1 Å². The van der Waals surface area contributed by atoms with Gasteiger partial charge in [0.1, 0.15) is 24.0 Å². The minimum atomic E-state index is -0.436. The van der Waals surface area contributed by atoms with Crippen LogP contribution in [0, 0.1) is 11.3 Å². The number of amides is 1. The Hall–Kier alpha value is -4.70. The molecule has 2 heterocycles. The number of nitrogens with zero attached hydrogens (tertiary/aromatic N) is 2. The molecule has 0 saturated heterocycles. The molecule has 1 amide bonds. The van der Waals surface area contributed by atoms with Gasteiger partial charge in [0.2, 0.25) is 6.79 Å². The first kappa shape index (κ1) is 22.1. The normalized spacial score (nSPS) is 12.4. The number of hydrogen-bond acceptors (Lipinski definition) is 5. The van der Waals surface area contributed by atoms with Gasteiger partial charge in [-0.3, -0.25) is 4.79 Å². The van der Waals surface area contributed by atoms with Crippen molar-refractivity contribution in [2.75, 3.05) is 13.4 Å². The quantitative estimate of drug-likeness (QED) is 0.302. The van der Waals surface area contributed by atoms with Crippen molar-refractivity contribution in [1.82, 2.24) is 9.88 Å². The summed E-state index contributed by atoms with van der Waals surface area (Å²) in [6.45, 7) is 1.58. The van der Waals surface area contributed by atoms with Gasteiger partial charge < -0.3 is 24.1 Å². The summed E-state index contributed by atoms with van der Waals surface area (Å²) in [5, 5.41) is 13.5.